The number of nitro groups is 2. The molecule has 0 bridgehead atoms. The molecule has 0 N–H and O–H groups in total. The summed E-state index contributed by atoms with van der Waals surface area (Å²) in [5, 5.41) is 31.6. The second-order valence-electron chi connectivity index (χ2n) is 8.40. The third-order valence-electron chi connectivity index (χ3n) is 6.60. The van der Waals surface area contributed by atoms with Gasteiger partial charge in [-0.25, -0.2) is 0 Å². The first-order chi connectivity index (χ1) is 16.4. The van der Waals surface area contributed by atoms with Crippen LogP contribution in [-0.4, -0.2) is 20.2 Å². The maximum absolute atomic E-state index is 11.9. The van der Waals surface area contributed by atoms with Crippen LogP contribution in [-0.2, 0) is 0 Å². The van der Waals surface area contributed by atoms with Crippen molar-refractivity contribution in [2.45, 2.75) is 37.5 Å². The molecular weight excluding hydrogens is 440 g/mol. The zero-order chi connectivity index (χ0) is 24.0. The highest BCUT2D eigenvalue weighted by atomic mass is 16.6. The van der Waals surface area contributed by atoms with Crippen LogP contribution in [0.2, 0.25) is 0 Å². The summed E-state index contributed by atoms with van der Waals surface area (Å²) >= 11 is 0. The highest BCUT2D eigenvalue weighted by Gasteiger charge is 2.60. The van der Waals surface area contributed by atoms with Crippen LogP contribution in [0.25, 0.3) is 0 Å². The molecule has 10 nitrogen and oxygen atoms in total. The maximum atomic E-state index is 11.9. The smallest absolute Gasteiger partial charge is 0.334 e. The summed E-state index contributed by atoms with van der Waals surface area (Å²) in [4.78, 5) is 22.8. The standard InChI is InChI=1S/C24H20N4O6/c1-13-21(27(29)30)23(33-25-13)19-17(15-9-5-3-6-10-15)18(16-11-7-4-8-12-16)20(19)24-22(28(31)32)14(2)26-34-24/h3-12,17-20H,1-2H3/t17-,18-,19+,20+/m0/s1. The van der Waals surface area contributed by atoms with E-state index in [4.69, 9.17) is 9.05 Å². The fourth-order valence-corrected chi connectivity index (χ4v) is 5.23. The molecule has 0 radical (unpaired) electrons. The van der Waals surface area contributed by atoms with Crippen molar-refractivity contribution in [2.24, 2.45) is 0 Å². The van der Waals surface area contributed by atoms with Crippen LogP contribution in [0.5, 0.6) is 0 Å². The van der Waals surface area contributed by atoms with E-state index in [0.717, 1.165) is 11.1 Å². The lowest BCUT2D eigenvalue weighted by Crippen LogP contribution is -2.40. The quantitative estimate of drug-likeness (QED) is 0.270. The molecule has 1 aliphatic rings. The van der Waals surface area contributed by atoms with Gasteiger partial charge in [-0.05, 0) is 25.0 Å². The Hall–Kier alpha value is -4.34. The van der Waals surface area contributed by atoms with Gasteiger partial charge in [0, 0.05) is 23.7 Å². The average Bonchev–Trinajstić information content (AvgIpc) is 3.37. The monoisotopic (exact) mass is 460 g/mol. The van der Waals surface area contributed by atoms with Crippen molar-refractivity contribution >= 4 is 11.4 Å². The molecule has 1 aliphatic carbocycles. The number of hydrogen-bond acceptors (Lipinski definition) is 8. The molecular formula is C24H20N4O6. The van der Waals surface area contributed by atoms with E-state index in [-0.39, 0.29) is 46.1 Å². The van der Waals surface area contributed by atoms with Crippen LogP contribution in [0.4, 0.5) is 11.4 Å². The molecule has 0 amide bonds. The number of aromatic nitrogens is 2. The van der Waals surface area contributed by atoms with Crippen molar-refractivity contribution in [1.82, 2.24) is 10.3 Å². The summed E-state index contributed by atoms with van der Waals surface area (Å²) in [6.45, 7) is 3.01. The highest BCUT2D eigenvalue weighted by molar-refractivity contribution is 5.54. The normalized spacial score (nSPS) is 21.7. The Kier molecular flexibility index (Phi) is 5.20. The SMILES string of the molecule is Cc1noc([C@@H]2[C@@H](c3ccccc3)[C@H](c3ccccc3)[C@H]2c2onc(C)c2[N+](=O)[O-])c1[N+](=O)[O-]. The molecule has 0 spiro atoms. The number of aryl methyl sites for hydroxylation is 2. The predicted molar refractivity (Wildman–Crippen MR) is 120 cm³/mol. The average molecular weight is 460 g/mol. The van der Waals surface area contributed by atoms with Gasteiger partial charge >= 0.3 is 11.4 Å². The summed E-state index contributed by atoms with van der Waals surface area (Å²) < 4.78 is 11.1. The van der Waals surface area contributed by atoms with Gasteiger partial charge in [-0.15, -0.1) is 0 Å². The molecule has 10 heteroatoms. The lowest BCUT2D eigenvalue weighted by atomic mass is 9.51. The molecule has 5 rings (SSSR count). The minimum absolute atomic E-state index is 0.0804. The van der Waals surface area contributed by atoms with E-state index in [9.17, 15) is 20.2 Å². The zero-order valence-corrected chi connectivity index (χ0v) is 18.3. The van der Waals surface area contributed by atoms with E-state index in [1.807, 2.05) is 60.7 Å². The largest absolute Gasteiger partial charge is 0.353 e. The first-order valence-electron chi connectivity index (χ1n) is 10.7. The van der Waals surface area contributed by atoms with E-state index in [1.54, 1.807) is 0 Å². The molecule has 4 aromatic rings. The van der Waals surface area contributed by atoms with Gasteiger partial charge in [0.25, 0.3) is 0 Å². The molecule has 4 atom stereocenters. The third-order valence-corrected chi connectivity index (χ3v) is 6.60. The van der Waals surface area contributed by atoms with E-state index in [1.165, 1.54) is 13.8 Å². The molecule has 172 valence electrons. The van der Waals surface area contributed by atoms with Gasteiger partial charge in [0.15, 0.2) is 11.4 Å². The molecule has 0 unspecified atom stereocenters. The van der Waals surface area contributed by atoms with Gasteiger partial charge in [0.2, 0.25) is 11.5 Å². The Bertz CT molecular complexity index is 1260. The number of hydrogen-bond donors (Lipinski definition) is 0. The Morgan fingerprint density at radius 1 is 0.647 bits per heavy atom. The molecule has 0 aliphatic heterocycles. The first-order valence-corrected chi connectivity index (χ1v) is 10.7. The van der Waals surface area contributed by atoms with Gasteiger partial charge in [-0.3, -0.25) is 20.2 Å². The van der Waals surface area contributed by atoms with Crippen LogP contribution < -0.4 is 0 Å². The van der Waals surface area contributed by atoms with Gasteiger partial charge < -0.3 is 9.05 Å². The Labute approximate surface area is 193 Å². The van der Waals surface area contributed by atoms with Crippen LogP contribution >= 0.6 is 0 Å². The van der Waals surface area contributed by atoms with Gasteiger partial charge in [0.05, 0.1) is 9.85 Å². The molecule has 2 heterocycles. The van der Waals surface area contributed by atoms with Crippen molar-refractivity contribution in [1.29, 1.82) is 0 Å². The second kappa shape index (κ2) is 8.22. The minimum Gasteiger partial charge on any atom is -0.353 e. The van der Waals surface area contributed by atoms with Crippen molar-refractivity contribution in [3.8, 4) is 0 Å². The minimum atomic E-state index is -0.625. The number of nitrogens with zero attached hydrogens (tertiary/aromatic N) is 4. The third kappa shape index (κ3) is 3.26. The Balaban J connectivity index is 1.77. The van der Waals surface area contributed by atoms with Crippen molar-refractivity contribution in [3.63, 3.8) is 0 Å². The molecule has 0 saturated heterocycles. The van der Waals surface area contributed by atoms with Crippen LogP contribution in [0.3, 0.4) is 0 Å². The predicted octanol–water partition coefficient (Wildman–Crippen LogP) is 5.54. The Morgan fingerprint density at radius 2 is 1.00 bits per heavy atom. The highest BCUT2D eigenvalue weighted by Crippen LogP contribution is 2.68. The molecule has 34 heavy (non-hydrogen) atoms. The Morgan fingerprint density at radius 3 is 1.32 bits per heavy atom. The van der Waals surface area contributed by atoms with Crippen LogP contribution in [0.15, 0.2) is 69.7 Å². The van der Waals surface area contributed by atoms with Crippen LogP contribution in [0, 0.1) is 34.1 Å². The molecule has 1 saturated carbocycles. The summed E-state index contributed by atoms with van der Waals surface area (Å²) in [6.07, 6.45) is 0. The van der Waals surface area contributed by atoms with Crippen molar-refractivity contribution in [2.75, 3.05) is 0 Å². The van der Waals surface area contributed by atoms with E-state index in [2.05, 4.69) is 10.3 Å². The van der Waals surface area contributed by atoms with Gasteiger partial charge in [0.1, 0.15) is 0 Å². The number of rotatable bonds is 6. The van der Waals surface area contributed by atoms with E-state index in [0.29, 0.717) is 0 Å². The molecule has 2 aromatic heterocycles. The fraction of sp³-hybridized carbons (Fsp3) is 0.250. The van der Waals surface area contributed by atoms with Gasteiger partial charge in [-0.2, -0.15) is 0 Å². The van der Waals surface area contributed by atoms with Crippen LogP contribution in [0.1, 0.15) is 57.7 Å². The summed E-state index contributed by atoms with van der Waals surface area (Å²) in [7, 11) is 0. The lowest BCUT2D eigenvalue weighted by Gasteiger charge is -2.50. The molecule has 2 aromatic carbocycles. The summed E-state index contributed by atoms with van der Waals surface area (Å²) in [5.41, 5.74) is 1.72. The lowest BCUT2D eigenvalue weighted by molar-refractivity contribution is -0.388. The summed E-state index contributed by atoms with van der Waals surface area (Å²) in [6, 6.07) is 19.1. The second-order valence-corrected chi connectivity index (χ2v) is 8.40. The zero-order valence-electron chi connectivity index (χ0n) is 18.3. The van der Waals surface area contributed by atoms with Gasteiger partial charge in [-0.1, -0.05) is 71.0 Å². The first kappa shape index (κ1) is 21.5. The molecule has 1 fully saturated rings. The topological polar surface area (TPSA) is 138 Å². The van der Waals surface area contributed by atoms with Crippen molar-refractivity contribution in [3.05, 3.63) is 115 Å². The van der Waals surface area contributed by atoms with E-state index < -0.39 is 21.7 Å². The van der Waals surface area contributed by atoms with E-state index >= 15 is 0 Å². The van der Waals surface area contributed by atoms with Crippen molar-refractivity contribution < 1.29 is 18.9 Å². The number of benzene rings is 2. The maximum Gasteiger partial charge on any atom is 0.334 e. The fourth-order valence-electron chi connectivity index (χ4n) is 5.23. The summed E-state index contributed by atoms with van der Waals surface area (Å²) in [5.74, 6) is -1.64.